The standard InChI is InChI=1S/C17H17BrO3/c1-10-4-3-5-12(11(10)2)17(19)13-8-15-16(9-14(13)18)21-7-6-20-15/h3-5,8-9,17,19H,6-7H2,1-2H3. The molecule has 1 aliphatic rings. The molecule has 0 radical (unpaired) electrons. The van der Waals surface area contributed by atoms with Gasteiger partial charge in [0.1, 0.15) is 19.3 Å². The van der Waals surface area contributed by atoms with E-state index in [-0.39, 0.29) is 0 Å². The summed E-state index contributed by atoms with van der Waals surface area (Å²) in [6, 6.07) is 9.68. The number of ether oxygens (including phenoxy) is 2. The number of aryl methyl sites for hydroxylation is 1. The molecule has 0 spiro atoms. The van der Waals surface area contributed by atoms with Gasteiger partial charge in [0.05, 0.1) is 0 Å². The van der Waals surface area contributed by atoms with Crippen LogP contribution < -0.4 is 9.47 Å². The second-order valence-electron chi connectivity index (χ2n) is 5.21. The van der Waals surface area contributed by atoms with Crippen molar-refractivity contribution in [2.45, 2.75) is 20.0 Å². The van der Waals surface area contributed by atoms with Crippen LogP contribution in [0.1, 0.15) is 28.4 Å². The van der Waals surface area contributed by atoms with E-state index in [1.54, 1.807) is 0 Å². The minimum Gasteiger partial charge on any atom is -0.486 e. The fourth-order valence-electron chi connectivity index (χ4n) is 2.53. The number of benzene rings is 2. The summed E-state index contributed by atoms with van der Waals surface area (Å²) in [7, 11) is 0. The van der Waals surface area contributed by atoms with Crippen molar-refractivity contribution in [1.82, 2.24) is 0 Å². The number of aliphatic hydroxyl groups excluding tert-OH is 1. The average molecular weight is 349 g/mol. The fraction of sp³-hybridized carbons (Fsp3) is 0.294. The summed E-state index contributed by atoms with van der Waals surface area (Å²) in [4.78, 5) is 0. The van der Waals surface area contributed by atoms with E-state index in [4.69, 9.17) is 9.47 Å². The molecule has 1 aliphatic heterocycles. The maximum Gasteiger partial charge on any atom is 0.162 e. The van der Waals surface area contributed by atoms with Gasteiger partial charge in [-0.05, 0) is 42.7 Å². The first-order chi connectivity index (χ1) is 10.1. The van der Waals surface area contributed by atoms with Crippen LogP contribution in [0.2, 0.25) is 0 Å². The van der Waals surface area contributed by atoms with Gasteiger partial charge in [-0.1, -0.05) is 34.1 Å². The van der Waals surface area contributed by atoms with E-state index in [2.05, 4.69) is 15.9 Å². The molecular weight excluding hydrogens is 332 g/mol. The van der Waals surface area contributed by atoms with E-state index in [0.717, 1.165) is 21.2 Å². The molecule has 1 N–H and O–H groups in total. The van der Waals surface area contributed by atoms with Crippen molar-refractivity contribution < 1.29 is 14.6 Å². The van der Waals surface area contributed by atoms with Gasteiger partial charge < -0.3 is 14.6 Å². The van der Waals surface area contributed by atoms with Crippen LogP contribution in [-0.2, 0) is 0 Å². The van der Waals surface area contributed by atoms with Crippen molar-refractivity contribution in [3.8, 4) is 11.5 Å². The Bertz CT molecular complexity index is 682. The van der Waals surface area contributed by atoms with Crippen molar-refractivity contribution in [2.75, 3.05) is 13.2 Å². The van der Waals surface area contributed by atoms with Crippen molar-refractivity contribution in [1.29, 1.82) is 0 Å². The molecule has 1 heterocycles. The number of rotatable bonds is 2. The molecule has 0 saturated heterocycles. The number of aliphatic hydroxyl groups is 1. The zero-order valence-electron chi connectivity index (χ0n) is 12.0. The first-order valence-electron chi connectivity index (χ1n) is 6.91. The molecule has 0 aliphatic carbocycles. The Morgan fingerprint density at radius 1 is 1.05 bits per heavy atom. The van der Waals surface area contributed by atoms with E-state index >= 15 is 0 Å². The van der Waals surface area contributed by atoms with Gasteiger partial charge in [0.2, 0.25) is 0 Å². The van der Waals surface area contributed by atoms with Crippen LogP contribution in [0.3, 0.4) is 0 Å². The first kappa shape index (κ1) is 14.4. The second-order valence-corrected chi connectivity index (χ2v) is 6.06. The highest BCUT2D eigenvalue weighted by atomic mass is 79.9. The number of hydrogen-bond acceptors (Lipinski definition) is 3. The zero-order chi connectivity index (χ0) is 15.0. The third-order valence-corrected chi connectivity index (χ3v) is 4.58. The molecule has 2 aromatic carbocycles. The number of halogens is 1. The molecule has 2 aromatic rings. The number of fused-ring (bicyclic) bond motifs is 1. The van der Waals surface area contributed by atoms with Crippen LogP contribution in [0.4, 0.5) is 0 Å². The van der Waals surface area contributed by atoms with Crippen molar-refractivity contribution in [3.05, 3.63) is 57.1 Å². The van der Waals surface area contributed by atoms with Gasteiger partial charge >= 0.3 is 0 Å². The van der Waals surface area contributed by atoms with Crippen molar-refractivity contribution in [3.63, 3.8) is 0 Å². The molecule has 0 saturated carbocycles. The minimum atomic E-state index is -0.699. The van der Waals surface area contributed by atoms with Crippen molar-refractivity contribution >= 4 is 15.9 Å². The van der Waals surface area contributed by atoms with E-state index in [9.17, 15) is 5.11 Å². The highest BCUT2D eigenvalue weighted by molar-refractivity contribution is 9.10. The van der Waals surface area contributed by atoms with Crippen molar-refractivity contribution in [2.24, 2.45) is 0 Å². The summed E-state index contributed by atoms with van der Waals surface area (Å²) in [6.07, 6.45) is -0.699. The Hall–Kier alpha value is -1.52. The van der Waals surface area contributed by atoms with Gasteiger partial charge in [-0.25, -0.2) is 0 Å². The zero-order valence-corrected chi connectivity index (χ0v) is 13.6. The monoisotopic (exact) mass is 348 g/mol. The lowest BCUT2D eigenvalue weighted by Crippen LogP contribution is -2.16. The fourth-order valence-corrected chi connectivity index (χ4v) is 3.07. The first-order valence-corrected chi connectivity index (χ1v) is 7.70. The van der Waals surface area contributed by atoms with Gasteiger partial charge in [0.25, 0.3) is 0 Å². The summed E-state index contributed by atoms with van der Waals surface area (Å²) in [6.45, 7) is 5.16. The van der Waals surface area contributed by atoms with Gasteiger partial charge in [-0.3, -0.25) is 0 Å². The van der Waals surface area contributed by atoms with Crippen LogP contribution in [-0.4, -0.2) is 18.3 Å². The lowest BCUT2D eigenvalue weighted by Gasteiger charge is -2.22. The molecule has 0 amide bonds. The molecule has 0 fully saturated rings. The normalized spacial score (nSPS) is 14.9. The minimum absolute atomic E-state index is 0.535. The predicted molar refractivity (Wildman–Crippen MR) is 85.1 cm³/mol. The SMILES string of the molecule is Cc1cccc(C(O)c2cc3c(cc2Br)OCCO3)c1C. The topological polar surface area (TPSA) is 38.7 Å². The van der Waals surface area contributed by atoms with E-state index < -0.39 is 6.10 Å². The highest BCUT2D eigenvalue weighted by Crippen LogP contribution is 2.40. The summed E-state index contributed by atoms with van der Waals surface area (Å²) < 4.78 is 12.0. The quantitative estimate of drug-likeness (QED) is 0.893. The van der Waals surface area contributed by atoms with E-state index in [0.29, 0.717) is 24.7 Å². The molecule has 1 atom stereocenters. The average Bonchev–Trinajstić information content (AvgIpc) is 2.48. The summed E-state index contributed by atoms with van der Waals surface area (Å²) in [5, 5.41) is 10.8. The molecule has 110 valence electrons. The van der Waals surface area contributed by atoms with Gasteiger partial charge in [-0.2, -0.15) is 0 Å². The number of hydrogen-bond donors (Lipinski definition) is 1. The van der Waals surface area contributed by atoms with Gasteiger partial charge in [0, 0.05) is 10.0 Å². The van der Waals surface area contributed by atoms with Crippen LogP contribution in [0.15, 0.2) is 34.8 Å². The third kappa shape index (κ3) is 2.65. The van der Waals surface area contributed by atoms with Crippen LogP contribution in [0, 0.1) is 13.8 Å². The van der Waals surface area contributed by atoms with E-state index in [1.807, 2.05) is 44.2 Å². The van der Waals surface area contributed by atoms with Crippen LogP contribution in [0.25, 0.3) is 0 Å². The van der Waals surface area contributed by atoms with Gasteiger partial charge in [0.15, 0.2) is 11.5 Å². The largest absolute Gasteiger partial charge is 0.486 e. The molecule has 3 rings (SSSR count). The maximum absolute atomic E-state index is 10.8. The Kier molecular flexibility index (Phi) is 3.91. The molecule has 4 heteroatoms. The highest BCUT2D eigenvalue weighted by Gasteiger charge is 2.21. The molecular formula is C17H17BrO3. The summed E-state index contributed by atoms with van der Waals surface area (Å²) in [5.74, 6) is 1.40. The Morgan fingerprint density at radius 3 is 2.43 bits per heavy atom. The second kappa shape index (κ2) is 5.70. The third-order valence-electron chi connectivity index (χ3n) is 3.90. The van der Waals surface area contributed by atoms with Crippen LogP contribution >= 0.6 is 15.9 Å². The lowest BCUT2D eigenvalue weighted by molar-refractivity contribution is 0.169. The predicted octanol–water partition coefficient (Wildman–Crippen LogP) is 3.92. The molecule has 1 unspecified atom stereocenters. The lowest BCUT2D eigenvalue weighted by atomic mass is 9.94. The molecule has 3 nitrogen and oxygen atoms in total. The van der Waals surface area contributed by atoms with Gasteiger partial charge in [-0.15, -0.1) is 0 Å². The van der Waals surface area contributed by atoms with E-state index in [1.165, 1.54) is 5.56 Å². The molecule has 21 heavy (non-hydrogen) atoms. The summed E-state index contributed by atoms with van der Waals surface area (Å²) >= 11 is 3.52. The van der Waals surface area contributed by atoms with Crippen LogP contribution in [0.5, 0.6) is 11.5 Å². The smallest absolute Gasteiger partial charge is 0.162 e. The Morgan fingerprint density at radius 2 is 1.71 bits per heavy atom. The summed E-state index contributed by atoms with van der Waals surface area (Å²) in [5.41, 5.74) is 3.97. The Labute approximate surface area is 132 Å². The maximum atomic E-state index is 10.8. The molecule has 0 aromatic heterocycles. The molecule has 0 bridgehead atoms. The Balaban J connectivity index is 2.05.